The highest BCUT2D eigenvalue weighted by Gasteiger charge is 2.21. The van der Waals surface area contributed by atoms with Crippen molar-refractivity contribution < 1.29 is 22.9 Å². The molecule has 0 aromatic heterocycles. The summed E-state index contributed by atoms with van der Waals surface area (Å²) in [5.41, 5.74) is 2.74. The lowest BCUT2D eigenvalue weighted by atomic mass is 10.1. The fourth-order valence-electron chi connectivity index (χ4n) is 3.42. The minimum absolute atomic E-state index is 0.0640. The number of benzene rings is 2. The Morgan fingerprint density at radius 1 is 1.03 bits per heavy atom. The van der Waals surface area contributed by atoms with Gasteiger partial charge in [0.1, 0.15) is 6.54 Å². The van der Waals surface area contributed by atoms with Crippen LogP contribution in [0.1, 0.15) is 34.3 Å². The van der Waals surface area contributed by atoms with E-state index in [9.17, 15) is 13.2 Å². The number of likely N-dealkylation sites (tertiary alicyclic amines) is 1. The summed E-state index contributed by atoms with van der Waals surface area (Å²) in [6.45, 7) is 3.97. The SMILES string of the molecule is CON(C)S(=O)(=O)c1ccc(C(=O)NCc2ccc(C[NH+]3CCCC3)cc2)cc1. The van der Waals surface area contributed by atoms with Gasteiger partial charge in [0.05, 0.1) is 25.1 Å². The van der Waals surface area contributed by atoms with Gasteiger partial charge in [0.15, 0.2) is 0 Å². The van der Waals surface area contributed by atoms with Gasteiger partial charge >= 0.3 is 0 Å². The van der Waals surface area contributed by atoms with Crippen LogP contribution in [0.4, 0.5) is 0 Å². The third-order valence-electron chi connectivity index (χ3n) is 5.25. The van der Waals surface area contributed by atoms with Crippen molar-refractivity contribution in [3.8, 4) is 0 Å². The lowest BCUT2D eigenvalue weighted by Crippen LogP contribution is -3.08. The number of amides is 1. The van der Waals surface area contributed by atoms with Crippen molar-refractivity contribution in [2.45, 2.75) is 30.8 Å². The van der Waals surface area contributed by atoms with E-state index < -0.39 is 10.0 Å². The summed E-state index contributed by atoms with van der Waals surface area (Å²) >= 11 is 0. The Kier molecular flexibility index (Phi) is 7.02. The normalized spacial score (nSPS) is 15.0. The molecular formula is C21H28N3O4S+. The molecule has 0 unspecified atom stereocenters. The van der Waals surface area contributed by atoms with Gasteiger partial charge in [-0.1, -0.05) is 28.7 Å². The van der Waals surface area contributed by atoms with Crippen LogP contribution >= 0.6 is 0 Å². The molecule has 1 aliphatic heterocycles. The molecule has 29 heavy (non-hydrogen) atoms. The number of nitrogens with one attached hydrogen (secondary N) is 2. The first-order chi connectivity index (χ1) is 13.9. The molecule has 3 rings (SSSR count). The first-order valence-electron chi connectivity index (χ1n) is 9.73. The van der Waals surface area contributed by atoms with Crippen LogP contribution in [0.15, 0.2) is 53.4 Å². The van der Waals surface area contributed by atoms with Crippen LogP contribution in [0.25, 0.3) is 0 Å². The Labute approximate surface area is 172 Å². The first-order valence-corrected chi connectivity index (χ1v) is 11.2. The van der Waals surface area contributed by atoms with Crippen molar-refractivity contribution in [2.75, 3.05) is 27.2 Å². The minimum atomic E-state index is -3.72. The van der Waals surface area contributed by atoms with Gasteiger partial charge in [-0.25, -0.2) is 8.42 Å². The van der Waals surface area contributed by atoms with Crippen LogP contribution in [0.2, 0.25) is 0 Å². The number of hydroxylamine groups is 1. The molecule has 0 atom stereocenters. The van der Waals surface area contributed by atoms with Crippen molar-refractivity contribution in [2.24, 2.45) is 0 Å². The lowest BCUT2D eigenvalue weighted by Gasteiger charge is -2.14. The second-order valence-electron chi connectivity index (χ2n) is 7.25. The average molecular weight is 419 g/mol. The van der Waals surface area contributed by atoms with Crippen molar-refractivity contribution in [1.82, 2.24) is 9.79 Å². The Balaban J connectivity index is 1.55. The number of carbonyl (C=O) groups is 1. The number of hydrogen-bond donors (Lipinski definition) is 2. The molecular weight excluding hydrogens is 390 g/mol. The molecule has 0 spiro atoms. The number of nitrogens with zero attached hydrogens (tertiary/aromatic N) is 1. The average Bonchev–Trinajstić information content (AvgIpc) is 3.25. The third-order valence-corrected chi connectivity index (χ3v) is 6.94. The molecule has 2 aromatic carbocycles. The fraction of sp³-hybridized carbons (Fsp3) is 0.381. The number of quaternary nitrogens is 1. The van der Waals surface area contributed by atoms with Gasteiger partial charge in [-0.2, -0.15) is 0 Å². The van der Waals surface area contributed by atoms with E-state index in [1.54, 1.807) is 4.90 Å². The Hall–Kier alpha value is -2.26. The minimum Gasteiger partial charge on any atom is -0.348 e. The standard InChI is InChI=1S/C21H27N3O4S/c1-23(28-2)29(26,27)20-11-9-19(10-12-20)21(25)22-15-17-5-7-18(8-6-17)16-24-13-3-4-14-24/h5-12H,3-4,13-16H2,1-2H3,(H,22,25)/p+1. The van der Waals surface area contributed by atoms with Crippen molar-refractivity contribution in [3.05, 3.63) is 65.2 Å². The maximum atomic E-state index is 12.4. The number of sulfonamides is 1. The van der Waals surface area contributed by atoms with Crippen LogP contribution < -0.4 is 10.2 Å². The van der Waals surface area contributed by atoms with Crippen LogP contribution in [0.5, 0.6) is 0 Å². The molecule has 1 fully saturated rings. The van der Waals surface area contributed by atoms with Gasteiger partial charge in [-0.15, -0.1) is 0 Å². The number of carbonyl (C=O) groups excluding carboxylic acids is 1. The van der Waals surface area contributed by atoms with E-state index in [4.69, 9.17) is 4.84 Å². The van der Waals surface area contributed by atoms with Gasteiger partial charge < -0.3 is 10.2 Å². The lowest BCUT2D eigenvalue weighted by molar-refractivity contribution is -0.901. The summed E-state index contributed by atoms with van der Waals surface area (Å²) in [6.07, 6.45) is 2.63. The highest BCUT2D eigenvalue weighted by atomic mass is 32.2. The zero-order valence-corrected chi connectivity index (χ0v) is 17.7. The largest absolute Gasteiger partial charge is 0.348 e. The summed E-state index contributed by atoms with van der Waals surface area (Å²) in [6, 6.07) is 14.1. The van der Waals surface area contributed by atoms with Gasteiger partial charge in [0, 0.05) is 37.6 Å². The quantitative estimate of drug-likeness (QED) is 0.627. The van der Waals surface area contributed by atoms with Gasteiger partial charge in [0.25, 0.3) is 15.9 Å². The van der Waals surface area contributed by atoms with E-state index in [2.05, 4.69) is 17.4 Å². The molecule has 0 aliphatic carbocycles. The fourth-order valence-corrected chi connectivity index (χ4v) is 4.40. The van der Waals surface area contributed by atoms with E-state index in [-0.39, 0.29) is 10.8 Å². The second-order valence-corrected chi connectivity index (χ2v) is 9.19. The summed E-state index contributed by atoms with van der Waals surface area (Å²) < 4.78 is 25.2. The second kappa shape index (κ2) is 9.49. The predicted molar refractivity (Wildman–Crippen MR) is 110 cm³/mol. The molecule has 156 valence electrons. The van der Waals surface area contributed by atoms with E-state index in [0.717, 1.165) is 16.6 Å². The van der Waals surface area contributed by atoms with Crippen molar-refractivity contribution >= 4 is 15.9 Å². The van der Waals surface area contributed by atoms with Crippen LogP contribution in [-0.2, 0) is 28.0 Å². The number of rotatable bonds is 8. The zero-order chi connectivity index (χ0) is 20.9. The molecule has 2 N–H and O–H groups in total. The van der Waals surface area contributed by atoms with E-state index in [1.807, 2.05) is 12.1 Å². The zero-order valence-electron chi connectivity index (χ0n) is 16.8. The van der Waals surface area contributed by atoms with Gasteiger partial charge in [-0.05, 0) is 29.8 Å². The summed E-state index contributed by atoms with van der Waals surface area (Å²) in [5, 5.41) is 2.87. The molecule has 1 heterocycles. The van der Waals surface area contributed by atoms with Gasteiger partial charge in [0.2, 0.25) is 0 Å². The monoisotopic (exact) mass is 418 g/mol. The van der Waals surface area contributed by atoms with Crippen molar-refractivity contribution in [3.63, 3.8) is 0 Å². The smallest absolute Gasteiger partial charge is 0.264 e. The van der Waals surface area contributed by atoms with Crippen LogP contribution in [0.3, 0.4) is 0 Å². The first kappa shape index (κ1) is 21.4. The van der Waals surface area contributed by atoms with Gasteiger partial charge in [-0.3, -0.25) is 9.63 Å². The molecule has 8 heteroatoms. The van der Waals surface area contributed by atoms with Crippen molar-refractivity contribution in [1.29, 1.82) is 0 Å². The number of hydrogen-bond acceptors (Lipinski definition) is 4. The molecule has 0 radical (unpaired) electrons. The molecule has 1 aliphatic rings. The molecule has 0 bridgehead atoms. The highest BCUT2D eigenvalue weighted by Crippen LogP contribution is 2.15. The summed E-state index contributed by atoms with van der Waals surface area (Å²) in [7, 11) is -1.13. The van der Waals surface area contributed by atoms with Crippen LogP contribution in [-0.4, -0.2) is 46.0 Å². The third kappa shape index (κ3) is 5.42. The maximum absolute atomic E-state index is 12.4. The van der Waals surface area contributed by atoms with E-state index in [1.165, 1.54) is 69.9 Å². The van der Waals surface area contributed by atoms with E-state index >= 15 is 0 Å². The molecule has 7 nitrogen and oxygen atoms in total. The van der Waals surface area contributed by atoms with Crippen LogP contribution in [0, 0.1) is 0 Å². The molecule has 1 amide bonds. The molecule has 0 saturated carbocycles. The predicted octanol–water partition coefficient (Wildman–Crippen LogP) is 0.977. The maximum Gasteiger partial charge on any atom is 0.264 e. The molecule has 2 aromatic rings. The Morgan fingerprint density at radius 3 is 2.21 bits per heavy atom. The summed E-state index contributed by atoms with van der Waals surface area (Å²) in [4.78, 5) is 18.8. The Morgan fingerprint density at radius 2 is 1.62 bits per heavy atom. The molecule has 1 saturated heterocycles. The summed E-state index contributed by atoms with van der Waals surface area (Å²) in [5.74, 6) is -0.250. The topological polar surface area (TPSA) is 80.1 Å². The Bertz CT molecular complexity index is 921. The highest BCUT2D eigenvalue weighted by molar-refractivity contribution is 7.89. The van der Waals surface area contributed by atoms with E-state index in [0.29, 0.717) is 12.1 Å².